The lowest BCUT2D eigenvalue weighted by Gasteiger charge is -2.20. The van der Waals surface area contributed by atoms with Crippen molar-refractivity contribution in [1.82, 2.24) is 9.55 Å². The molecule has 21 heavy (non-hydrogen) atoms. The largest absolute Gasteiger partial charge is 0.330 e. The zero-order chi connectivity index (χ0) is 14.4. The summed E-state index contributed by atoms with van der Waals surface area (Å²) in [4.78, 5) is 3.32. The molecule has 0 spiro atoms. The summed E-state index contributed by atoms with van der Waals surface area (Å²) in [5, 5.41) is 0. The summed E-state index contributed by atoms with van der Waals surface area (Å²) in [5.74, 6) is 0. The number of rotatable bonds is 1. The summed E-state index contributed by atoms with van der Waals surface area (Å²) in [7, 11) is 0. The van der Waals surface area contributed by atoms with Gasteiger partial charge in [0, 0.05) is 4.47 Å². The summed E-state index contributed by atoms with van der Waals surface area (Å²) in [5.41, 5.74) is 6.39. The van der Waals surface area contributed by atoms with Crippen molar-refractivity contribution in [3.8, 4) is 5.69 Å². The Labute approximate surface area is 136 Å². The molecule has 0 saturated heterocycles. The number of hydrogen-bond donors (Lipinski definition) is 1. The average molecular weight is 359 g/mol. The van der Waals surface area contributed by atoms with Crippen LogP contribution in [0.15, 0.2) is 40.9 Å². The molecule has 4 heteroatoms. The fraction of sp³-hybridized carbons (Fsp3) is 0.235. The molecule has 0 radical (unpaired) electrons. The van der Waals surface area contributed by atoms with Crippen LogP contribution in [0.1, 0.15) is 24.0 Å². The quantitative estimate of drug-likeness (QED) is 0.583. The Hall–Kier alpha value is -1.39. The van der Waals surface area contributed by atoms with Gasteiger partial charge in [0.25, 0.3) is 0 Å². The maximum atomic E-state index is 5.58. The minimum Gasteiger partial charge on any atom is -0.330 e. The van der Waals surface area contributed by atoms with Crippen LogP contribution >= 0.6 is 28.1 Å². The van der Waals surface area contributed by atoms with E-state index in [0.717, 1.165) is 26.7 Å². The maximum Gasteiger partial charge on any atom is 0.182 e. The van der Waals surface area contributed by atoms with Crippen molar-refractivity contribution < 1.29 is 0 Å². The molecule has 0 unspecified atom stereocenters. The number of aromatic amines is 1. The summed E-state index contributed by atoms with van der Waals surface area (Å²) < 4.78 is 4.01. The molecule has 0 fully saturated rings. The van der Waals surface area contributed by atoms with Gasteiger partial charge in [-0.15, -0.1) is 0 Å². The van der Waals surface area contributed by atoms with E-state index in [1.165, 1.54) is 36.1 Å². The highest BCUT2D eigenvalue weighted by atomic mass is 79.9. The first kappa shape index (κ1) is 13.3. The van der Waals surface area contributed by atoms with Gasteiger partial charge in [0.2, 0.25) is 0 Å². The molecule has 0 saturated carbocycles. The van der Waals surface area contributed by atoms with Crippen LogP contribution in [0.5, 0.6) is 0 Å². The minimum absolute atomic E-state index is 0.766. The summed E-state index contributed by atoms with van der Waals surface area (Å²) >= 11 is 9.09. The second kappa shape index (κ2) is 5.11. The van der Waals surface area contributed by atoms with E-state index in [2.05, 4.69) is 61.9 Å². The van der Waals surface area contributed by atoms with Crippen LogP contribution in [0, 0.1) is 4.77 Å². The summed E-state index contributed by atoms with van der Waals surface area (Å²) in [6.45, 7) is 0. The van der Waals surface area contributed by atoms with Gasteiger partial charge in [-0.05, 0) is 73.3 Å². The highest BCUT2D eigenvalue weighted by Gasteiger charge is 2.16. The van der Waals surface area contributed by atoms with E-state index in [-0.39, 0.29) is 0 Å². The molecule has 1 aromatic heterocycles. The first-order chi connectivity index (χ1) is 10.2. The number of nitrogens with one attached hydrogen (secondary N) is 1. The average Bonchev–Trinajstić information content (AvgIpc) is 2.81. The maximum absolute atomic E-state index is 5.58. The number of aromatic nitrogens is 2. The van der Waals surface area contributed by atoms with Gasteiger partial charge in [-0.3, -0.25) is 4.57 Å². The van der Waals surface area contributed by atoms with Crippen LogP contribution in [0.2, 0.25) is 0 Å². The van der Waals surface area contributed by atoms with Crippen LogP contribution in [-0.2, 0) is 12.8 Å². The Morgan fingerprint density at radius 2 is 1.95 bits per heavy atom. The fourth-order valence-corrected chi connectivity index (χ4v) is 3.96. The Bertz CT molecular complexity index is 891. The van der Waals surface area contributed by atoms with Crippen LogP contribution in [0.25, 0.3) is 16.7 Å². The summed E-state index contributed by atoms with van der Waals surface area (Å²) in [6, 6.07) is 12.9. The molecule has 0 atom stereocenters. The molecule has 1 aliphatic rings. The van der Waals surface area contributed by atoms with Gasteiger partial charge >= 0.3 is 0 Å². The van der Waals surface area contributed by atoms with Gasteiger partial charge in [0.15, 0.2) is 4.77 Å². The minimum atomic E-state index is 0.766. The number of benzene rings is 2. The third-order valence-electron chi connectivity index (χ3n) is 4.26. The van der Waals surface area contributed by atoms with Gasteiger partial charge in [-0.1, -0.05) is 28.1 Å². The Morgan fingerprint density at radius 3 is 2.86 bits per heavy atom. The van der Waals surface area contributed by atoms with Crippen molar-refractivity contribution in [2.45, 2.75) is 25.7 Å². The number of fused-ring (bicyclic) bond motifs is 2. The van der Waals surface area contributed by atoms with Crippen molar-refractivity contribution in [3.05, 3.63) is 56.8 Å². The van der Waals surface area contributed by atoms with E-state index in [0.29, 0.717) is 0 Å². The van der Waals surface area contributed by atoms with Crippen LogP contribution in [0.3, 0.4) is 0 Å². The number of imidazole rings is 1. The van der Waals surface area contributed by atoms with Crippen molar-refractivity contribution in [1.29, 1.82) is 0 Å². The third-order valence-corrected chi connectivity index (χ3v) is 5.03. The number of hydrogen-bond acceptors (Lipinski definition) is 1. The Balaban J connectivity index is 2.03. The molecule has 1 aliphatic carbocycles. The predicted molar refractivity (Wildman–Crippen MR) is 92.8 cm³/mol. The Morgan fingerprint density at radius 1 is 1.10 bits per heavy atom. The van der Waals surface area contributed by atoms with Crippen molar-refractivity contribution >= 4 is 39.2 Å². The molecule has 0 bridgehead atoms. The second-order valence-electron chi connectivity index (χ2n) is 5.55. The lowest BCUT2D eigenvalue weighted by atomic mass is 9.90. The molecule has 106 valence electrons. The van der Waals surface area contributed by atoms with Crippen LogP contribution in [-0.4, -0.2) is 9.55 Å². The number of H-pyrrole nitrogens is 1. The van der Waals surface area contributed by atoms with Gasteiger partial charge in [0.05, 0.1) is 16.7 Å². The third kappa shape index (κ3) is 2.17. The molecule has 2 nitrogen and oxygen atoms in total. The van der Waals surface area contributed by atoms with Gasteiger partial charge in [-0.2, -0.15) is 0 Å². The van der Waals surface area contributed by atoms with Gasteiger partial charge in [-0.25, -0.2) is 0 Å². The van der Waals surface area contributed by atoms with Gasteiger partial charge in [0.1, 0.15) is 0 Å². The van der Waals surface area contributed by atoms with Gasteiger partial charge < -0.3 is 4.98 Å². The smallest absolute Gasteiger partial charge is 0.182 e. The topological polar surface area (TPSA) is 20.7 Å². The molecule has 0 amide bonds. The first-order valence-corrected chi connectivity index (χ1v) is 8.45. The first-order valence-electron chi connectivity index (χ1n) is 7.25. The molecule has 1 N–H and O–H groups in total. The lowest BCUT2D eigenvalue weighted by Crippen LogP contribution is -2.08. The molecule has 0 aliphatic heterocycles. The summed E-state index contributed by atoms with van der Waals surface area (Å²) in [6.07, 6.45) is 4.90. The van der Waals surface area contributed by atoms with Crippen molar-refractivity contribution in [2.24, 2.45) is 0 Å². The number of aryl methyl sites for hydroxylation is 1. The molecule has 1 heterocycles. The molecular weight excluding hydrogens is 344 g/mol. The van der Waals surface area contributed by atoms with E-state index < -0.39 is 0 Å². The molecule has 2 aromatic carbocycles. The van der Waals surface area contributed by atoms with E-state index in [9.17, 15) is 0 Å². The van der Waals surface area contributed by atoms with Crippen LogP contribution in [0.4, 0.5) is 0 Å². The van der Waals surface area contributed by atoms with Crippen molar-refractivity contribution in [3.63, 3.8) is 0 Å². The van der Waals surface area contributed by atoms with E-state index in [1.54, 1.807) is 0 Å². The normalized spacial score (nSPS) is 14.3. The second-order valence-corrected chi connectivity index (χ2v) is 6.85. The van der Waals surface area contributed by atoms with E-state index in [1.807, 2.05) is 0 Å². The molecule has 4 rings (SSSR count). The highest BCUT2D eigenvalue weighted by Crippen LogP contribution is 2.30. The van der Waals surface area contributed by atoms with E-state index >= 15 is 0 Å². The zero-order valence-corrected chi connectivity index (χ0v) is 13.9. The predicted octanol–water partition coefficient (Wildman–Crippen LogP) is 5.33. The molecule has 3 aromatic rings. The van der Waals surface area contributed by atoms with E-state index in [4.69, 9.17) is 12.2 Å². The molecular formula is C17H15BrN2S. The van der Waals surface area contributed by atoms with Crippen molar-refractivity contribution in [2.75, 3.05) is 0 Å². The number of halogens is 1. The highest BCUT2D eigenvalue weighted by molar-refractivity contribution is 9.10. The SMILES string of the molecule is S=c1[nH]c2cc(Br)ccc2n1-c1cccc2c1CCCC2. The van der Waals surface area contributed by atoms with Crippen LogP contribution < -0.4 is 0 Å². The lowest BCUT2D eigenvalue weighted by molar-refractivity contribution is 0.681. The Kier molecular flexibility index (Phi) is 3.23. The monoisotopic (exact) mass is 358 g/mol. The standard InChI is InChI=1S/C17H15BrN2S/c18-12-8-9-16-14(10-12)19-17(21)20(16)15-7-3-5-11-4-1-2-6-13(11)15/h3,5,7-10H,1-2,4,6H2,(H,19,21). The number of nitrogens with zero attached hydrogens (tertiary/aromatic N) is 1. The zero-order valence-electron chi connectivity index (χ0n) is 11.5. The fourth-order valence-electron chi connectivity index (χ4n) is 3.29.